The number of halogens is 2. The number of nitrogens with one attached hydrogen (secondary N) is 1. The Hall–Kier alpha value is -2.56. The fourth-order valence-corrected chi connectivity index (χ4v) is 1.97. The Morgan fingerprint density at radius 2 is 1.74 bits per heavy atom. The molecule has 120 valence electrons. The molecule has 1 N–H and O–H groups in total. The molecule has 0 aliphatic carbocycles. The van der Waals surface area contributed by atoms with E-state index in [1.165, 1.54) is 12.1 Å². The maximum Gasteiger partial charge on any atom is 0.271 e. The molecule has 2 rings (SSSR count). The summed E-state index contributed by atoms with van der Waals surface area (Å²) in [5, 5.41) is 3.66. The highest BCUT2D eigenvalue weighted by Crippen LogP contribution is 2.22. The minimum atomic E-state index is -1.000. The first-order chi connectivity index (χ1) is 10.8. The monoisotopic (exact) mass is 316 g/mol. The number of benzene rings is 2. The lowest BCUT2D eigenvalue weighted by atomic mass is 9.87. The molecule has 0 heterocycles. The third-order valence-electron chi connectivity index (χ3n) is 3.36. The van der Waals surface area contributed by atoms with Crippen LogP contribution in [-0.4, -0.2) is 12.1 Å². The van der Waals surface area contributed by atoms with Crippen LogP contribution in [0.3, 0.4) is 0 Å². The smallest absolute Gasteiger partial charge is 0.267 e. The van der Waals surface area contributed by atoms with Crippen LogP contribution in [0.4, 0.5) is 8.78 Å². The summed E-state index contributed by atoms with van der Waals surface area (Å²) in [5.74, 6) is -2.38. The minimum Gasteiger partial charge on any atom is -0.267 e. The standard InChI is InChI=1S/C18H18F2N2O/c1-18(2,3)14-9-7-12(8-10-14)17(23)22-21-11-13-5-4-6-15(19)16(13)20/h4-11H,1-3H3,(H,22,23)/b21-11+. The quantitative estimate of drug-likeness (QED) is 0.674. The first kappa shape index (κ1) is 16.8. The molecule has 2 aromatic carbocycles. The van der Waals surface area contributed by atoms with Crippen LogP contribution in [0.15, 0.2) is 47.6 Å². The van der Waals surface area contributed by atoms with Gasteiger partial charge in [0.25, 0.3) is 5.91 Å². The highest BCUT2D eigenvalue weighted by Gasteiger charge is 2.14. The lowest BCUT2D eigenvalue weighted by Crippen LogP contribution is -2.18. The molecule has 0 bridgehead atoms. The number of rotatable bonds is 3. The van der Waals surface area contributed by atoms with Gasteiger partial charge in [0.2, 0.25) is 0 Å². The molecule has 0 radical (unpaired) electrons. The largest absolute Gasteiger partial charge is 0.271 e. The second-order valence-electron chi connectivity index (χ2n) is 6.17. The Balaban J connectivity index is 2.05. The third kappa shape index (κ3) is 4.22. The van der Waals surface area contributed by atoms with E-state index in [-0.39, 0.29) is 11.0 Å². The molecule has 0 aliphatic rings. The first-order valence-corrected chi connectivity index (χ1v) is 7.17. The summed E-state index contributed by atoms with van der Waals surface area (Å²) < 4.78 is 26.5. The van der Waals surface area contributed by atoms with Gasteiger partial charge in [0, 0.05) is 11.1 Å². The van der Waals surface area contributed by atoms with Crippen LogP contribution in [0, 0.1) is 11.6 Å². The van der Waals surface area contributed by atoms with Crippen molar-refractivity contribution in [3.8, 4) is 0 Å². The van der Waals surface area contributed by atoms with Crippen LogP contribution in [0.25, 0.3) is 0 Å². The van der Waals surface area contributed by atoms with E-state index >= 15 is 0 Å². The van der Waals surface area contributed by atoms with Crippen LogP contribution in [0.1, 0.15) is 42.3 Å². The summed E-state index contributed by atoms with van der Waals surface area (Å²) in [6.45, 7) is 6.25. The molecule has 0 unspecified atom stereocenters. The number of hydrogen-bond donors (Lipinski definition) is 1. The van der Waals surface area contributed by atoms with Crippen LogP contribution in [-0.2, 0) is 5.41 Å². The second-order valence-corrected chi connectivity index (χ2v) is 6.17. The zero-order chi connectivity index (χ0) is 17.0. The van der Waals surface area contributed by atoms with Crippen molar-refractivity contribution in [2.75, 3.05) is 0 Å². The van der Waals surface area contributed by atoms with E-state index in [0.29, 0.717) is 5.56 Å². The van der Waals surface area contributed by atoms with Gasteiger partial charge in [-0.25, -0.2) is 14.2 Å². The van der Waals surface area contributed by atoms with Crippen molar-refractivity contribution in [1.82, 2.24) is 5.43 Å². The van der Waals surface area contributed by atoms with Gasteiger partial charge in [-0.15, -0.1) is 0 Å². The van der Waals surface area contributed by atoms with E-state index in [0.717, 1.165) is 17.8 Å². The maximum atomic E-state index is 13.4. The van der Waals surface area contributed by atoms with Crippen molar-refractivity contribution < 1.29 is 13.6 Å². The van der Waals surface area contributed by atoms with E-state index in [4.69, 9.17) is 0 Å². The lowest BCUT2D eigenvalue weighted by molar-refractivity contribution is 0.0955. The maximum absolute atomic E-state index is 13.4. The zero-order valence-corrected chi connectivity index (χ0v) is 13.2. The van der Waals surface area contributed by atoms with Crippen LogP contribution in [0.2, 0.25) is 0 Å². The van der Waals surface area contributed by atoms with Crippen molar-refractivity contribution in [1.29, 1.82) is 0 Å². The minimum absolute atomic E-state index is 0.00205. The van der Waals surface area contributed by atoms with Gasteiger partial charge in [-0.2, -0.15) is 5.10 Å². The highest BCUT2D eigenvalue weighted by molar-refractivity contribution is 5.94. The predicted octanol–water partition coefficient (Wildman–Crippen LogP) is 4.03. The molecule has 0 saturated heterocycles. The molecular weight excluding hydrogens is 298 g/mol. The van der Waals surface area contributed by atoms with E-state index in [1.54, 1.807) is 12.1 Å². The van der Waals surface area contributed by atoms with Crippen molar-refractivity contribution in [2.45, 2.75) is 26.2 Å². The molecule has 23 heavy (non-hydrogen) atoms. The van der Waals surface area contributed by atoms with Gasteiger partial charge in [0.15, 0.2) is 11.6 Å². The van der Waals surface area contributed by atoms with E-state index in [2.05, 4.69) is 31.3 Å². The number of amides is 1. The highest BCUT2D eigenvalue weighted by atomic mass is 19.2. The molecule has 0 saturated carbocycles. The van der Waals surface area contributed by atoms with Gasteiger partial charge < -0.3 is 0 Å². The molecule has 3 nitrogen and oxygen atoms in total. The van der Waals surface area contributed by atoms with Gasteiger partial charge >= 0.3 is 0 Å². The Labute approximate surface area is 134 Å². The molecule has 0 atom stereocenters. The number of hydrazone groups is 1. The topological polar surface area (TPSA) is 41.5 Å². The first-order valence-electron chi connectivity index (χ1n) is 7.17. The van der Waals surface area contributed by atoms with Gasteiger partial charge in [-0.3, -0.25) is 4.79 Å². The molecule has 0 fully saturated rings. The molecular formula is C18H18F2N2O. The van der Waals surface area contributed by atoms with Crippen molar-refractivity contribution in [3.05, 3.63) is 70.8 Å². The zero-order valence-electron chi connectivity index (χ0n) is 13.2. The average Bonchev–Trinajstić information content (AvgIpc) is 2.50. The average molecular weight is 316 g/mol. The van der Waals surface area contributed by atoms with Crippen LogP contribution < -0.4 is 5.43 Å². The summed E-state index contributed by atoms with van der Waals surface area (Å²) in [4.78, 5) is 12.0. The van der Waals surface area contributed by atoms with Crippen LogP contribution in [0.5, 0.6) is 0 Å². The number of nitrogens with zero attached hydrogens (tertiary/aromatic N) is 1. The predicted molar refractivity (Wildman–Crippen MR) is 86.6 cm³/mol. The lowest BCUT2D eigenvalue weighted by Gasteiger charge is -2.18. The summed E-state index contributed by atoms with van der Waals surface area (Å²) in [5.41, 5.74) is 3.81. The Bertz CT molecular complexity index is 732. The second kappa shape index (κ2) is 6.69. The summed E-state index contributed by atoms with van der Waals surface area (Å²) in [6.07, 6.45) is 1.07. The normalized spacial score (nSPS) is 11.7. The van der Waals surface area contributed by atoms with Gasteiger partial charge in [0.05, 0.1) is 6.21 Å². The molecule has 5 heteroatoms. The molecule has 1 amide bonds. The Morgan fingerprint density at radius 1 is 1.09 bits per heavy atom. The summed E-state index contributed by atoms with van der Waals surface area (Å²) in [6, 6.07) is 10.9. The molecule has 0 aliphatic heterocycles. The van der Waals surface area contributed by atoms with Crippen LogP contribution >= 0.6 is 0 Å². The molecule has 2 aromatic rings. The van der Waals surface area contributed by atoms with Crippen molar-refractivity contribution >= 4 is 12.1 Å². The van der Waals surface area contributed by atoms with Crippen molar-refractivity contribution in [3.63, 3.8) is 0 Å². The summed E-state index contributed by atoms with van der Waals surface area (Å²) in [7, 11) is 0. The Kier molecular flexibility index (Phi) is 4.89. The van der Waals surface area contributed by atoms with E-state index in [9.17, 15) is 13.6 Å². The molecule has 0 spiro atoms. The number of carbonyl (C=O) groups is 1. The van der Waals surface area contributed by atoms with E-state index in [1.807, 2.05) is 12.1 Å². The summed E-state index contributed by atoms with van der Waals surface area (Å²) >= 11 is 0. The van der Waals surface area contributed by atoms with E-state index < -0.39 is 17.5 Å². The van der Waals surface area contributed by atoms with Gasteiger partial charge in [0.1, 0.15) is 0 Å². The number of hydrogen-bond acceptors (Lipinski definition) is 2. The fourth-order valence-electron chi connectivity index (χ4n) is 1.97. The molecule has 0 aromatic heterocycles. The SMILES string of the molecule is CC(C)(C)c1ccc(C(=O)N/N=C/c2cccc(F)c2F)cc1. The van der Waals surface area contributed by atoms with Gasteiger partial charge in [-0.05, 0) is 29.2 Å². The van der Waals surface area contributed by atoms with Crippen molar-refractivity contribution in [2.24, 2.45) is 5.10 Å². The Morgan fingerprint density at radius 3 is 2.35 bits per heavy atom. The third-order valence-corrected chi connectivity index (χ3v) is 3.36. The fraction of sp³-hybridized carbons (Fsp3) is 0.222. The van der Waals surface area contributed by atoms with Gasteiger partial charge in [-0.1, -0.05) is 45.0 Å². The number of carbonyl (C=O) groups excluding carboxylic acids is 1.